The fourth-order valence-electron chi connectivity index (χ4n) is 3.45. The van der Waals surface area contributed by atoms with Crippen molar-refractivity contribution in [1.82, 2.24) is 10.1 Å². The second-order valence-electron chi connectivity index (χ2n) is 7.07. The smallest absolute Gasteiger partial charge is 0.260 e. The molecule has 2 aromatic carbocycles. The Balaban J connectivity index is 1.46. The maximum absolute atomic E-state index is 12.7. The molecule has 0 spiro atoms. The molecule has 1 aliphatic heterocycles. The number of halogens is 1. The fourth-order valence-corrected chi connectivity index (χ4v) is 3.57. The highest BCUT2D eigenvalue weighted by atomic mass is 35.5. The molecule has 5 nitrogen and oxygen atoms in total. The molecule has 0 N–H and O–H groups in total. The SMILES string of the molecule is Cc1ccc(OCC(=O)N2CCc3noc(-c4ccc(Cl)cc4)c3C2)c(C)c1. The highest BCUT2D eigenvalue weighted by Gasteiger charge is 2.27. The fraction of sp³-hybridized carbons (Fsp3) is 0.273. The third-order valence-electron chi connectivity index (χ3n) is 4.98. The molecule has 6 heteroatoms. The number of carbonyl (C=O) groups is 1. The normalized spacial score (nSPS) is 13.3. The predicted octanol–water partition coefficient (Wildman–Crippen LogP) is 4.58. The van der Waals surface area contributed by atoms with Crippen LogP contribution >= 0.6 is 11.6 Å². The van der Waals surface area contributed by atoms with Crippen LogP contribution in [0.5, 0.6) is 5.75 Å². The zero-order valence-electron chi connectivity index (χ0n) is 15.9. The number of fused-ring (bicyclic) bond motifs is 1. The van der Waals surface area contributed by atoms with Gasteiger partial charge in [-0.05, 0) is 49.7 Å². The summed E-state index contributed by atoms with van der Waals surface area (Å²) in [6.07, 6.45) is 0.668. The second-order valence-corrected chi connectivity index (χ2v) is 7.50. The molecule has 0 atom stereocenters. The van der Waals surface area contributed by atoms with Crippen LogP contribution in [0.15, 0.2) is 47.0 Å². The van der Waals surface area contributed by atoms with E-state index in [0.717, 1.165) is 28.1 Å². The molecule has 4 rings (SSSR count). The second kappa shape index (κ2) is 7.68. The highest BCUT2D eigenvalue weighted by molar-refractivity contribution is 6.30. The molecule has 1 aliphatic rings. The van der Waals surface area contributed by atoms with Crippen molar-refractivity contribution in [3.05, 3.63) is 69.9 Å². The molecule has 0 radical (unpaired) electrons. The van der Waals surface area contributed by atoms with Gasteiger partial charge in [-0.2, -0.15) is 0 Å². The van der Waals surface area contributed by atoms with Crippen LogP contribution in [-0.2, 0) is 17.8 Å². The summed E-state index contributed by atoms with van der Waals surface area (Å²) >= 11 is 5.97. The van der Waals surface area contributed by atoms with E-state index in [1.54, 1.807) is 4.90 Å². The van der Waals surface area contributed by atoms with Crippen LogP contribution in [0.3, 0.4) is 0 Å². The summed E-state index contributed by atoms with van der Waals surface area (Å²) in [6.45, 7) is 5.10. The van der Waals surface area contributed by atoms with E-state index in [-0.39, 0.29) is 12.5 Å². The quantitative estimate of drug-likeness (QED) is 0.648. The number of rotatable bonds is 4. The van der Waals surface area contributed by atoms with Crippen LogP contribution in [0, 0.1) is 13.8 Å². The number of hydrogen-bond acceptors (Lipinski definition) is 4. The number of carbonyl (C=O) groups excluding carboxylic acids is 1. The Bertz CT molecular complexity index is 1010. The topological polar surface area (TPSA) is 55.6 Å². The van der Waals surface area contributed by atoms with Crippen molar-refractivity contribution in [2.75, 3.05) is 13.2 Å². The molecule has 2 heterocycles. The molecule has 1 aromatic heterocycles. The summed E-state index contributed by atoms with van der Waals surface area (Å²) in [5, 5.41) is 4.85. The van der Waals surface area contributed by atoms with Gasteiger partial charge in [-0.1, -0.05) is 34.5 Å². The molecule has 144 valence electrons. The Morgan fingerprint density at radius 1 is 1.21 bits per heavy atom. The Morgan fingerprint density at radius 2 is 2.00 bits per heavy atom. The van der Waals surface area contributed by atoms with Crippen LogP contribution in [0.2, 0.25) is 5.02 Å². The first-order valence-electron chi connectivity index (χ1n) is 9.22. The van der Waals surface area contributed by atoms with E-state index >= 15 is 0 Å². The van der Waals surface area contributed by atoms with Crippen molar-refractivity contribution in [3.63, 3.8) is 0 Å². The molecule has 28 heavy (non-hydrogen) atoms. The molecule has 1 amide bonds. The van der Waals surface area contributed by atoms with E-state index in [0.29, 0.717) is 30.3 Å². The van der Waals surface area contributed by atoms with E-state index in [1.807, 2.05) is 56.3 Å². The molecule has 0 saturated heterocycles. The average Bonchev–Trinajstić information content (AvgIpc) is 3.11. The Labute approximate surface area is 168 Å². The van der Waals surface area contributed by atoms with Crippen LogP contribution in [0.4, 0.5) is 0 Å². The number of aromatic nitrogens is 1. The van der Waals surface area contributed by atoms with Gasteiger partial charge in [0.2, 0.25) is 0 Å². The number of hydrogen-bond donors (Lipinski definition) is 0. The van der Waals surface area contributed by atoms with E-state index < -0.39 is 0 Å². The van der Waals surface area contributed by atoms with Gasteiger partial charge in [0.25, 0.3) is 5.91 Å². The molecular weight excluding hydrogens is 376 g/mol. The van der Waals surface area contributed by atoms with Crippen molar-refractivity contribution in [1.29, 1.82) is 0 Å². The maximum atomic E-state index is 12.7. The van der Waals surface area contributed by atoms with Gasteiger partial charge in [-0.15, -0.1) is 0 Å². The zero-order chi connectivity index (χ0) is 19.7. The van der Waals surface area contributed by atoms with E-state index in [9.17, 15) is 4.79 Å². The van der Waals surface area contributed by atoms with Crippen LogP contribution in [0.1, 0.15) is 22.4 Å². The Morgan fingerprint density at radius 3 is 2.75 bits per heavy atom. The lowest BCUT2D eigenvalue weighted by Gasteiger charge is -2.26. The summed E-state index contributed by atoms with van der Waals surface area (Å²) in [7, 11) is 0. The first-order valence-corrected chi connectivity index (χ1v) is 9.60. The average molecular weight is 397 g/mol. The van der Waals surface area contributed by atoms with Gasteiger partial charge in [-0.25, -0.2) is 0 Å². The maximum Gasteiger partial charge on any atom is 0.260 e. The van der Waals surface area contributed by atoms with E-state index in [4.69, 9.17) is 20.9 Å². The Hall–Kier alpha value is -2.79. The summed E-state index contributed by atoms with van der Waals surface area (Å²) < 4.78 is 11.3. The summed E-state index contributed by atoms with van der Waals surface area (Å²) in [5.74, 6) is 1.39. The largest absolute Gasteiger partial charge is 0.484 e. The molecule has 3 aromatic rings. The van der Waals surface area contributed by atoms with Crippen molar-refractivity contribution < 1.29 is 14.1 Å². The van der Waals surface area contributed by atoms with Gasteiger partial charge >= 0.3 is 0 Å². The third kappa shape index (κ3) is 3.76. The lowest BCUT2D eigenvalue weighted by molar-refractivity contribution is -0.134. The lowest BCUT2D eigenvalue weighted by atomic mass is 10.0. The molecule has 0 bridgehead atoms. The molecular formula is C22H21ClN2O3. The Kier molecular flexibility index (Phi) is 5.09. The minimum atomic E-state index is -0.0473. The first kappa shape index (κ1) is 18.6. The first-order chi connectivity index (χ1) is 13.5. The van der Waals surface area contributed by atoms with E-state index in [1.165, 1.54) is 5.56 Å². The van der Waals surface area contributed by atoms with Crippen molar-refractivity contribution in [2.45, 2.75) is 26.8 Å². The van der Waals surface area contributed by atoms with Gasteiger partial charge in [0.15, 0.2) is 12.4 Å². The monoisotopic (exact) mass is 396 g/mol. The van der Waals surface area contributed by atoms with Gasteiger partial charge in [0.1, 0.15) is 5.75 Å². The number of aryl methyl sites for hydroxylation is 2. The predicted molar refractivity (Wildman–Crippen MR) is 107 cm³/mol. The van der Waals surface area contributed by atoms with Crippen molar-refractivity contribution in [3.8, 4) is 17.1 Å². The van der Waals surface area contributed by atoms with Gasteiger partial charge in [0, 0.05) is 29.1 Å². The minimum absolute atomic E-state index is 0.0147. The standard InChI is InChI=1S/C22H21ClN2O3/c1-14-3-8-20(15(2)11-14)27-13-21(26)25-10-9-19-18(12-25)22(28-24-19)16-4-6-17(23)7-5-16/h3-8,11H,9-10,12-13H2,1-2H3. The number of benzene rings is 2. The number of amides is 1. The summed E-state index contributed by atoms with van der Waals surface area (Å²) in [5.41, 5.74) is 4.96. The van der Waals surface area contributed by atoms with Crippen LogP contribution in [0.25, 0.3) is 11.3 Å². The minimum Gasteiger partial charge on any atom is -0.484 e. The van der Waals surface area contributed by atoms with Gasteiger partial charge in [-0.3, -0.25) is 4.79 Å². The highest BCUT2D eigenvalue weighted by Crippen LogP contribution is 2.31. The molecule has 0 saturated carbocycles. The van der Waals surface area contributed by atoms with E-state index in [2.05, 4.69) is 5.16 Å². The number of nitrogens with zero attached hydrogens (tertiary/aromatic N) is 2. The van der Waals surface area contributed by atoms with Gasteiger partial charge < -0.3 is 14.2 Å². The lowest BCUT2D eigenvalue weighted by Crippen LogP contribution is -2.38. The molecule has 0 aliphatic carbocycles. The van der Waals surface area contributed by atoms with Crippen LogP contribution < -0.4 is 4.74 Å². The summed E-state index contributed by atoms with van der Waals surface area (Å²) in [4.78, 5) is 14.5. The molecule has 0 fully saturated rings. The number of ether oxygens (including phenoxy) is 1. The summed E-state index contributed by atoms with van der Waals surface area (Å²) in [6, 6.07) is 13.4. The van der Waals surface area contributed by atoms with Crippen molar-refractivity contribution in [2.24, 2.45) is 0 Å². The van der Waals surface area contributed by atoms with Gasteiger partial charge in [0.05, 0.1) is 12.2 Å². The van der Waals surface area contributed by atoms with Crippen molar-refractivity contribution >= 4 is 17.5 Å². The van der Waals surface area contributed by atoms with Crippen LogP contribution in [-0.4, -0.2) is 29.1 Å². The molecule has 0 unspecified atom stereocenters. The third-order valence-corrected chi connectivity index (χ3v) is 5.23. The zero-order valence-corrected chi connectivity index (χ0v) is 16.6.